The Morgan fingerprint density at radius 3 is 2.46 bits per heavy atom. The SMILES string of the molecule is CC(C)CC(N)CONC(N)=O.Cl. The third-order valence-corrected chi connectivity index (χ3v) is 1.24. The number of halogens is 1. The first-order valence-corrected chi connectivity index (χ1v) is 3.95. The molecule has 0 aromatic rings. The first-order chi connectivity index (χ1) is 5.52. The van der Waals surface area contributed by atoms with Gasteiger partial charge >= 0.3 is 6.03 Å². The Morgan fingerprint density at radius 2 is 2.08 bits per heavy atom. The van der Waals surface area contributed by atoms with Gasteiger partial charge in [-0.15, -0.1) is 12.4 Å². The van der Waals surface area contributed by atoms with Crippen LogP contribution in [-0.2, 0) is 4.84 Å². The lowest BCUT2D eigenvalue weighted by Gasteiger charge is -2.13. The summed E-state index contributed by atoms with van der Waals surface area (Å²) in [5, 5.41) is 0. The standard InChI is InChI=1S/C7H17N3O2.ClH/c1-5(2)3-6(8)4-12-10-7(9)11;/h5-6H,3-4,8H2,1-2H3,(H3,9,10,11);1H. The molecule has 13 heavy (non-hydrogen) atoms. The Labute approximate surface area is 84.5 Å². The Hall–Kier alpha value is -0.520. The number of primary amides is 1. The molecule has 0 aliphatic heterocycles. The lowest BCUT2D eigenvalue weighted by Crippen LogP contribution is -2.35. The topological polar surface area (TPSA) is 90.4 Å². The zero-order chi connectivity index (χ0) is 9.56. The molecule has 2 amide bonds. The van der Waals surface area contributed by atoms with Crippen LogP contribution in [0.2, 0.25) is 0 Å². The minimum absolute atomic E-state index is 0. The van der Waals surface area contributed by atoms with E-state index >= 15 is 0 Å². The van der Waals surface area contributed by atoms with Crippen LogP contribution >= 0.6 is 12.4 Å². The van der Waals surface area contributed by atoms with E-state index in [0.29, 0.717) is 12.5 Å². The molecule has 0 saturated heterocycles. The number of amides is 2. The highest BCUT2D eigenvalue weighted by Crippen LogP contribution is 2.01. The zero-order valence-electron chi connectivity index (χ0n) is 7.95. The summed E-state index contributed by atoms with van der Waals surface area (Å²) in [5.74, 6) is 0.525. The third kappa shape index (κ3) is 11.5. The van der Waals surface area contributed by atoms with Crippen LogP contribution in [0, 0.1) is 5.92 Å². The van der Waals surface area contributed by atoms with Crippen molar-refractivity contribution in [1.29, 1.82) is 0 Å². The summed E-state index contributed by atoms with van der Waals surface area (Å²) in [4.78, 5) is 14.9. The average molecular weight is 212 g/mol. The number of urea groups is 1. The van der Waals surface area contributed by atoms with Crippen molar-refractivity contribution in [3.63, 3.8) is 0 Å². The molecule has 80 valence electrons. The Balaban J connectivity index is 0. The predicted octanol–water partition coefficient (Wildman–Crippen LogP) is 0.382. The maximum atomic E-state index is 10.1. The second kappa shape index (κ2) is 8.10. The van der Waals surface area contributed by atoms with E-state index in [2.05, 4.69) is 13.8 Å². The van der Waals surface area contributed by atoms with Crippen molar-refractivity contribution in [3.05, 3.63) is 0 Å². The molecule has 0 rings (SSSR count). The molecule has 0 heterocycles. The summed E-state index contributed by atoms with van der Waals surface area (Å²) in [6.07, 6.45) is 0.862. The monoisotopic (exact) mass is 211 g/mol. The number of carbonyl (C=O) groups is 1. The maximum absolute atomic E-state index is 10.1. The molecule has 0 bridgehead atoms. The molecule has 0 aliphatic rings. The van der Waals surface area contributed by atoms with Gasteiger partial charge in [0.2, 0.25) is 0 Å². The average Bonchev–Trinajstić information content (AvgIpc) is 1.84. The van der Waals surface area contributed by atoms with Crippen molar-refractivity contribution < 1.29 is 9.63 Å². The molecule has 5 nitrogen and oxygen atoms in total. The van der Waals surface area contributed by atoms with Crippen LogP contribution in [0.3, 0.4) is 0 Å². The van der Waals surface area contributed by atoms with Crippen molar-refractivity contribution in [3.8, 4) is 0 Å². The fourth-order valence-electron chi connectivity index (χ4n) is 0.893. The van der Waals surface area contributed by atoms with Crippen molar-refractivity contribution in [2.45, 2.75) is 26.3 Å². The van der Waals surface area contributed by atoms with E-state index in [1.807, 2.05) is 5.48 Å². The molecule has 0 saturated carbocycles. The number of hydroxylamine groups is 1. The van der Waals surface area contributed by atoms with Gasteiger partial charge in [0, 0.05) is 6.04 Å². The quantitative estimate of drug-likeness (QED) is 0.575. The molecule has 0 spiro atoms. The molecule has 0 fully saturated rings. The van der Waals surface area contributed by atoms with Gasteiger partial charge in [-0.2, -0.15) is 0 Å². The van der Waals surface area contributed by atoms with Crippen LogP contribution in [0.15, 0.2) is 0 Å². The van der Waals surface area contributed by atoms with E-state index in [0.717, 1.165) is 6.42 Å². The molecular formula is C7H18ClN3O2. The maximum Gasteiger partial charge on any atom is 0.336 e. The van der Waals surface area contributed by atoms with Gasteiger partial charge in [-0.25, -0.2) is 10.3 Å². The highest BCUT2D eigenvalue weighted by molar-refractivity contribution is 5.85. The summed E-state index contributed by atoms with van der Waals surface area (Å²) < 4.78 is 0. The van der Waals surface area contributed by atoms with E-state index < -0.39 is 6.03 Å². The van der Waals surface area contributed by atoms with Crippen LogP contribution in [-0.4, -0.2) is 18.7 Å². The van der Waals surface area contributed by atoms with Gasteiger partial charge in [-0.3, -0.25) is 4.84 Å². The van der Waals surface area contributed by atoms with Gasteiger partial charge < -0.3 is 11.5 Å². The van der Waals surface area contributed by atoms with Crippen molar-refractivity contribution in [1.82, 2.24) is 5.48 Å². The summed E-state index contributed by atoms with van der Waals surface area (Å²) in [5.41, 5.74) is 12.4. The second-order valence-corrected chi connectivity index (χ2v) is 3.17. The van der Waals surface area contributed by atoms with Gasteiger partial charge in [0.1, 0.15) is 0 Å². The summed E-state index contributed by atoms with van der Waals surface area (Å²) in [7, 11) is 0. The fraction of sp³-hybridized carbons (Fsp3) is 0.857. The van der Waals surface area contributed by atoms with Crippen molar-refractivity contribution in [2.24, 2.45) is 17.4 Å². The summed E-state index contributed by atoms with van der Waals surface area (Å²) in [6.45, 7) is 4.43. The van der Waals surface area contributed by atoms with Gasteiger partial charge in [0.25, 0.3) is 0 Å². The first-order valence-electron chi connectivity index (χ1n) is 3.95. The summed E-state index contributed by atoms with van der Waals surface area (Å²) >= 11 is 0. The molecular weight excluding hydrogens is 194 g/mol. The van der Waals surface area contributed by atoms with Crippen molar-refractivity contribution >= 4 is 18.4 Å². The van der Waals surface area contributed by atoms with Gasteiger partial charge in [-0.1, -0.05) is 13.8 Å². The van der Waals surface area contributed by atoms with E-state index in [9.17, 15) is 4.79 Å². The Kier molecular flexibility index (Phi) is 9.33. The largest absolute Gasteiger partial charge is 0.350 e. The molecule has 6 heteroatoms. The number of nitrogens with two attached hydrogens (primary N) is 2. The second-order valence-electron chi connectivity index (χ2n) is 3.17. The Morgan fingerprint density at radius 1 is 1.54 bits per heavy atom. The highest BCUT2D eigenvalue weighted by Gasteiger charge is 2.05. The molecule has 1 atom stereocenters. The van der Waals surface area contributed by atoms with E-state index in [1.54, 1.807) is 0 Å². The highest BCUT2D eigenvalue weighted by atomic mass is 35.5. The molecule has 0 aromatic carbocycles. The molecule has 0 aromatic heterocycles. The van der Waals surface area contributed by atoms with Gasteiger partial charge in [0.05, 0.1) is 6.61 Å². The number of hydrogen-bond acceptors (Lipinski definition) is 3. The predicted molar refractivity (Wildman–Crippen MR) is 53.3 cm³/mol. The number of rotatable bonds is 5. The summed E-state index contributed by atoms with van der Waals surface area (Å²) in [6, 6.07) is -0.761. The fourth-order valence-corrected chi connectivity index (χ4v) is 0.893. The smallest absolute Gasteiger partial charge is 0.336 e. The van der Waals surface area contributed by atoms with Crippen LogP contribution < -0.4 is 16.9 Å². The number of carbonyl (C=O) groups excluding carboxylic acids is 1. The lowest BCUT2D eigenvalue weighted by molar-refractivity contribution is 0.0521. The minimum Gasteiger partial charge on any atom is -0.350 e. The number of hydrogen-bond donors (Lipinski definition) is 3. The minimum atomic E-state index is -0.702. The lowest BCUT2D eigenvalue weighted by atomic mass is 10.1. The van der Waals surface area contributed by atoms with E-state index in [4.69, 9.17) is 16.3 Å². The van der Waals surface area contributed by atoms with Crippen LogP contribution in [0.25, 0.3) is 0 Å². The Bertz CT molecular complexity index is 144. The van der Waals surface area contributed by atoms with Crippen LogP contribution in [0.4, 0.5) is 4.79 Å². The molecule has 1 unspecified atom stereocenters. The van der Waals surface area contributed by atoms with Crippen LogP contribution in [0.1, 0.15) is 20.3 Å². The normalized spacial score (nSPS) is 12.0. The van der Waals surface area contributed by atoms with E-state index in [-0.39, 0.29) is 18.4 Å². The molecule has 0 radical (unpaired) electrons. The van der Waals surface area contributed by atoms with E-state index in [1.165, 1.54) is 0 Å². The van der Waals surface area contributed by atoms with Gasteiger partial charge in [-0.05, 0) is 12.3 Å². The number of nitrogens with one attached hydrogen (secondary N) is 1. The third-order valence-electron chi connectivity index (χ3n) is 1.24. The van der Waals surface area contributed by atoms with Crippen molar-refractivity contribution in [2.75, 3.05) is 6.61 Å². The molecule has 0 aliphatic carbocycles. The first kappa shape index (κ1) is 15.0. The van der Waals surface area contributed by atoms with Crippen LogP contribution in [0.5, 0.6) is 0 Å². The molecule has 5 N–H and O–H groups in total. The van der Waals surface area contributed by atoms with Gasteiger partial charge in [0.15, 0.2) is 0 Å². The zero-order valence-corrected chi connectivity index (χ0v) is 8.76.